The molecule has 0 aromatic heterocycles. The van der Waals surface area contributed by atoms with Gasteiger partial charge in [-0.1, -0.05) is 6.08 Å². The SMILES string of the molecule is CN1CC[C@H](C(=O)C2=C[CH]2)C1. The van der Waals surface area contributed by atoms with Crippen LogP contribution >= 0.6 is 0 Å². The summed E-state index contributed by atoms with van der Waals surface area (Å²) >= 11 is 0. The maximum Gasteiger partial charge on any atom is 0.163 e. The Bertz CT molecular complexity index is 220. The first-order valence-electron chi connectivity index (χ1n) is 4.05. The average molecular weight is 150 g/mol. The van der Waals surface area contributed by atoms with Gasteiger partial charge in [-0.05, 0) is 25.6 Å². The predicted molar refractivity (Wildman–Crippen MR) is 43.0 cm³/mol. The van der Waals surface area contributed by atoms with Crippen molar-refractivity contribution in [2.75, 3.05) is 20.1 Å². The lowest BCUT2D eigenvalue weighted by atomic mass is 10.0. The van der Waals surface area contributed by atoms with Crippen LogP contribution in [0.5, 0.6) is 0 Å². The standard InChI is InChI=1S/C9H12NO/c1-10-5-4-8(6-10)9(11)7-2-3-7/h2-3,8H,4-6H2,1H3/t8-/m0/s1. The minimum atomic E-state index is 0.282. The van der Waals surface area contributed by atoms with Gasteiger partial charge in [-0.25, -0.2) is 0 Å². The van der Waals surface area contributed by atoms with Gasteiger partial charge in [0.2, 0.25) is 0 Å². The zero-order chi connectivity index (χ0) is 7.84. The van der Waals surface area contributed by atoms with Crippen LogP contribution in [0.3, 0.4) is 0 Å². The van der Waals surface area contributed by atoms with E-state index in [2.05, 4.69) is 11.9 Å². The first kappa shape index (κ1) is 7.04. The fourth-order valence-electron chi connectivity index (χ4n) is 1.59. The van der Waals surface area contributed by atoms with E-state index in [1.807, 2.05) is 12.5 Å². The van der Waals surface area contributed by atoms with Crippen LogP contribution < -0.4 is 0 Å². The highest BCUT2D eigenvalue weighted by Gasteiger charge is 2.30. The van der Waals surface area contributed by atoms with Gasteiger partial charge in [-0.2, -0.15) is 0 Å². The number of likely N-dealkylation sites (tertiary alicyclic amines) is 1. The highest BCUT2D eigenvalue weighted by Crippen LogP contribution is 2.26. The molecule has 0 aromatic carbocycles. The van der Waals surface area contributed by atoms with Crippen molar-refractivity contribution in [3.63, 3.8) is 0 Å². The monoisotopic (exact) mass is 150 g/mol. The van der Waals surface area contributed by atoms with Gasteiger partial charge in [0.05, 0.1) is 0 Å². The Morgan fingerprint density at radius 2 is 2.45 bits per heavy atom. The number of ketones is 1. The molecule has 1 aliphatic carbocycles. The van der Waals surface area contributed by atoms with E-state index in [0.29, 0.717) is 5.78 Å². The number of nitrogens with zero attached hydrogens (tertiary/aromatic N) is 1. The Morgan fingerprint density at radius 3 is 2.91 bits per heavy atom. The fourth-order valence-corrected chi connectivity index (χ4v) is 1.59. The number of hydrogen-bond acceptors (Lipinski definition) is 2. The van der Waals surface area contributed by atoms with Crippen LogP contribution in [0, 0.1) is 12.3 Å². The zero-order valence-electron chi connectivity index (χ0n) is 6.71. The Kier molecular flexibility index (Phi) is 1.57. The average Bonchev–Trinajstić information content (AvgIpc) is 2.74. The molecule has 1 atom stereocenters. The molecule has 2 heteroatoms. The molecule has 0 bridgehead atoms. The molecule has 0 spiro atoms. The van der Waals surface area contributed by atoms with Crippen LogP contribution in [0.4, 0.5) is 0 Å². The normalized spacial score (nSPS) is 30.3. The van der Waals surface area contributed by atoms with E-state index in [4.69, 9.17) is 0 Å². The summed E-state index contributed by atoms with van der Waals surface area (Å²) in [6, 6.07) is 0. The third kappa shape index (κ3) is 1.36. The second-order valence-corrected chi connectivity index (χ2v) is 3.40. The number of carbonyl (C=O) groups excluding carboxylic acids is 1. The molecule has 0 N–H and O–H groups in total. The Hall–Kier alpha value is -0.630. The van der Waals surface area contributed by atoms with E-state index in [1.165, 1.54) is 0 Å². The quantitative estimate of drug-likeness (QED) is 0.576. The highest BCUT2D eigenvalue weighted by molar-refractivity contribution is 6.04. The number of Topliss-reactive ketones (excluding diaryl/α,β-unsaturated/α-hetero) is 1. The summed E-state index contributed by atoms with van der Waals surface area (Å²) in [5.41, 5.74) is 0.949. The molecule has 1 heterocycles. The van der Waals surface area contributed by atoms with Crippen molar-refractivity contribution in [3.05, 3.63) is 18.1 Å². The van der Waals surface area contributed by atoms with Crippen molar-refractivity contribution < 1.29 is 4.79 Å². The molecule has 0 saturated carbocycles. The summed E-state index contributed by atoms with van der Waals surface area (Å²) in [5, 5.41) is 0. The minimum Gasteiger partial charge on any atom is -0.306 e. The molecule has 0 unspecified atom stereocenters. The lowest BCUT2D eigenvalue weighted by molar-refractivity contribution is -0.118. The molecule has 1 radical (unpaired) electrons. The summed E-state index contributed by atoms with van der Waals surface area (Å²) in [6.45, 7) is 2.02. The van der Waals surface area contributed by atoms with Gasteiger partial charge in [0.15, 0.2) is 5.78 Å². The van der Waals surface area contributed by atoms with E-state index in [9.17, 15) is 4.79 Å². The smallest absolute Gasteiger partial charge is 0.163 e. The molecule has 1 aliphatic heterocycles. The molecule has 2 aliphatic rings. The fraction of sp³-hybridized carbons (Fsp3) is 0.556. The summed E-state index contributed by atoms with van der Waals surface area (Å²) in [7, 11) is 2.07. The van der Waals surface area contributed by atoms with Crippen LogP contribution in [0.1, 0.15) is 6.42 Å². The van der Waals surface area contributed by atoms with Crippen LogP contribution in [-0.4, -0.2) is 30.8 Å². The first-order chi connectivity index (χ1) is 5.27. The van der Waals surface area contributed by atoms with Crippen LogP contribution in [0.2, 0.25) is 0 Å². The van der Waals surface area contributed by atoms with E-state index in [1.54, 1.807) is 0 Å². The summed E-state index contributed by atoms with van der Waals surface area (Å²) in [6.07, 6.45) is 4.85. The Balaban J connectivity index is 1.95. The molecule has 1 fully saturated rings. The maximum atomic E-state index is 11.4. The van der Waals surface area contributed by atoms with E-state index in [0.717, 1.165) is 25.1 Å². The maximum absolute atomic E-state index is 11.4. The number of carbonyl (C=O) groups is 1. The third-order valence-corrected chi connectivity index (χ3v) is 2.38. The predicted octanol–water partition coefficient (Wildman–Crippen LogP) is 0.651. The molecule has 2 nitrogen and oxygen atoms in total. The first-order valence-corrected chi connectivity index (χ1v) is 4.05. The lowest BCUT2D eigenvalue weighted by Crippen LogP contribution is -2.18. The van der Waals surface area contributed by atoms with Crippen LogP contribution in [0.25, 0.3) is 0 Å². The van der Waals surface area contributed by atoms with Crippen molar-refractivity contribution in [2.45, 2.75) is 6.42 Å². The Labute approximate surface area is 66.9 Å². The highest BCUT2D eigenvalue weighted by atomic mass is 16.1. The van der Waals surface area contributed by atoms with Gasteiger partial charge < -0.3 is 4.90 Å². The molecular weight excluding hydrogens is 138 g/mol. The molecule has 1 saturated heterocycles. The third-order valence-electron chi connectivity index (χ3n) is 2.38. The van der Waals surface area contributed by atoms with Gasteiger partial charge >= 0.3 is 0 Å². The lowest BCUT2D eigenvalue weighted by Gasteiger charge is -2.06. The van der Waals surface area contributed by atoms with Crippen LogP contribution in [-0.2, 0) is 4.79 Å². The number of hydrogen-bond donors (Lipinski definition) is 0. The molecule has 59 valence electrons. The van der Waals surface area contributed by atoms with Gasteiger partial charge in [-0.15, -0.1) is 0 Å². The van der Waals surface area contributed by atoms with Gasteiger partial charge in [0.1, 0.15) is 0 Å². The van der Waals surface area contributed by atoms with E-state index < -0.39 is 0 Å². The van der Waals surface area contributed by atoms with Crippen molar-refractivity contribution in [1.29, 1.82) is 0 Å². The van der Waals surface area contributed by atoms with E-state index >= 15 is 0 Å². The number of allylic oxidation sites excluding steroid dienone is 2. The van der Waals surface area contributed by atoms with Gasteiger partial charge in [0.25, 0.3) is 0 Å². The second kappa shape index (κ2) is 2.45. The molecule has 0 amide bonds. The molecule has 11 heavy (non-hydrogen) atoms. The summed E-state index contributed by atoms with van der Waals surface area (Å²) < 4.78 is 0. The molecule has 2 rings (SSSR count). The van der Waals surface area contributed by atoms with Gasteiger partial charge in [0, 0.05) is 18.9 Å². The zero-order valence-corrected chi connectivity index (χ0v) is 6.71. The van der Waals surface area contributed by atoms with Crippen molar-refractivity contribution in [3.8, 4) is 0 Å². The van der Waals surface area contributed by atoms with Crippen molar-refractivity contribution in [1.82, 2.24) is 4.90 Å². The summed E-state index contributed by atoms with van der Waals surface area (Å²) in [4.78, 5) is 13.6. The van der Waals surface area contributed by atoms with E-state index in [-0.39, 0.29) is 5.92 Å². The van der Waals surface area contributed by atoms with Gasteiger partial charge in [-0.3, -0.25) is 4.79 Å². The second-order valence-electron chi connectivity index (χ2n) is 3.40. The van der Waals surface area contributed by atoms with Crippen molar-refractivity contribution >= 4 is 5.78 Å². The molecular formula is C9H12NO. The Morgan fingerprint density at radius 1 is 1.73 bits per heavy atom. The summed E-state index contributed by atoms with van der Waals surface area (Å²) in [5.74, 6) is 0.638. The topological polar surface area (TPSA) is 20.3 Å². The number of rotatable bonds is 2. The van der Waals surface area contributed by atoms with Crippen LogP contribution in [0.15, 0.2) is 11.6 Å². The minimum absolute atomic E-state index is 0.282. The van der Waals surface area contributed by atoms with Crippen molar-refractivity contribution in [2.24, 2.45) is 5.92 Å². The largest absolute Gasteiger partial charge is 0.306 e. The molecule has 0 aromatic rings.